The maximum atomic E-state index is 12.5. The Hall–Kier alpha value is -2.83. The zero-order valence-corrected chi connectivity index (χ0v) is 15.0. The lowest BCUT2D eigenvalue weighted by atomic mass is 10.1. The number of methoxy groups -OCH3 is 2. The van der Waals surface area contributed by atoms with Gasteiger partial charge in [0.05, 0.1) is 19.9 Å². The van der Waals surface area contributed by atoms with Gasteiger partial charge in [-0.15, -0.1) is 0 Å². The summed E-state index contributed by atoms with van der Waals surface area (Å²) in [6.07, 6.45) is 2.56. The number of anilines is 2. The third-order valence-electron chi connectivity index (χ3n) is 3.55. The summed E-state index contributed by atoms with van der Waals surface area (Å²) < 4.78 is 10.4. The van der Waals surface area contributed by atoms with Crippen LogP contribution in [0.1, 0.15) is 30.8 Å². The Morgan fingerprint density at radius 3 is 2.68 bits per heavy atom. The number of rotatable bonds is 8. The van der Waals surface area contributed by atoms with Crippen LogP contribution in [0.3, 0.4) is 0 Å². The fourth-order valence-corrected chi connectivity index (χ4v) is 2.13. The van der Waals surface area contributed by atoms with Gasteiger partial charge in [-0.2, -0.15) is 0 Å². The monoisotopic (exact) mass is 344 g/mol. The van der Waals surface area contributed by atoms with Crippen molar-refractivity contribution in [1.29, 1.82) is 0 Å². The van der Waals surface area contributed by atoms with E-state index in [1.165, 1.54) is 7.11 Å². The number of nitrogens with zero attached hydrogens (tertiary/aromatic N) is 2. The number of amides is 1. The van der Waals surface area contributed by atoms with Crippen LogP contribution in [0.2, 0.25) is 0 Å². The van der Waals surface area contributed by atoms with Crippen molar-refractivity contribution in [3.05, 3.63) is 36.2 Å². The van der Waals surface area contributed by atoms with Crippen LogP contribution in [0.15, 0.2) is 30.5 Å². The summed E-state index contributed by atoms with van der Waals surface area (Å²) in [4.78, 5) is 20.8. The maximum Gasteiger partial charge on any atom is 0.274 e. The number of hydrogen-bond donors (Lipinski definition) is 2. The molecule has 2 N–H and O–H groups in total. The van der Waals surface area contributed by atoms with E-state index in [0.717, 1.165) is 13.0 Å². The van der Waals surface area contributed by atoms with Gasteiger partial charge in [0.2, 0.25) is 5.95 Å². The van der Waals surface area contributed by atoms with Gasteiger partial charge in [0.1, 0.15) is 17.2 Å². The van der Waals surface area contributed by atoms with Gasteiger partial charge in [-0.05, 0) is 30.5 Å². The summed E-state index contributed by atoms with van der Waals surface area (Å²) in [6.45, 7) is 5.05. The lowest BCUT2D eigenvalue weighted by molar-refractivity contribution is 0.102. The van der Waals surface area contributed by atoms with Gasteiger partial charge in [0.15, 0.2) is 0 Å². The Bertz CT molecular complexity index is 719. The van der Waals surface area contributed by atoms with Crippen molar-refractivity contribution in [3.63, 3.8) is 0 Å². The first-order valence-electron chi connectivity index (χ1n) is 8.13. The minimum Gasteiger partial charge on any atom is -0.497 e. The predicted molar refractivity (Wildman–Crippen MR) is 97.5 cm³/mol. The molecule has 0 bridgehead atoms. The van der Waals surface area contributed by atoms with E-state index in [0.29, 0.717) is 29.1 Å². The van der Waals surface area contributed by atoms with Crippen molar-refractivity contribution >= 4 is 17.5 Å². The molecule has 0 aliphatic heterocycles. The molecule has 1 aromatic heterocycles. The molecule has 0 spiro atoms. The highest BCUT2D eigenvalue weighted by Gasteiger charge is 2.13. The number of carbonyl (C=O) groups is 1. The Labute approximate surface area is 147 Å². The normalized spacial score (nSPS) is 10.4. The van der Waals surface area contributed by atoms with Crippen molar-refractivity contribution in [2.24, 2.45) is 5.92 Å². The molecule has 7 nitrogen and oxygen atoms in total. The zero-order chi connectivity index (χ0) is 18.2. The molecule has 0 unspecified atom stereocenters. The van der Waals surface area contributed by atoms with E-state index in [4.69, 9.17) is 9.47 Å². The van der Waals surface area contributed by atoms with Gasteiger partial charge in [-0.3, -0.25) is 4.79 Å². The van der Waals surface area contributed by atoms with Crippen molar-refractivity contribution in [2.45, 2.75) is 20.3 Å². The molecule has 0 aliphatic carbocycles. The first-order valence-corrected chi connectivity index (χ1v) is 8.13. The second-order valence-electron chi connectivity index (χ2n) is 5.90. The molecule has 2 aromatic rings. The molecule has 0 saturated heterocycles. The summed E-state index contributed by atoms with van der Waals surface area (Å²) in [7, 11) is 3.10. The highest BCUT2D eigenvalue weighted by Crippen LogP contribution is 2.29. The molecule has 0 saturated carbocycles. The number of benzene rings is 1. The van der Waals surface area contributed by atoms with E-state index in [9.17, 15) is 4.79 Å². The molecule has 134 valence electrons. The fourth-order valence-electron chi connectivity index (χ4n) is 2.13. The van der Waals surface area contributed by atoms with Crippen LogP contribution in [0.4, 0.5) is 11.6 Å². The SMILES string of the molecule is COc1ccc(NC(=O)c2ccnc(NCCC(C)C)n2)c(OC)c1. The highest BCUT2D eigenvalue weighted by molar-refractivity contribution is 6.03. The van der Waals surface area contributed by atoms with E-state index in [1.54, 1.807) is 37.6 Å². The smallest absolute Gasteiger partial charge is 0.274 e. The molecular weight excluding hydrogens is 320 g/mol. The van der Waals surface area contributed by atoms with Crippen LogP contribution >= 0.6 is 0 Å². The van der Waals surface area contributed by atoms with Crippen LogP contribution in [0.25, 0.3) is 0 Å². The standard InChI is InChI=1S/C18H24N4O3/c1-12(2)7-9-19-18-20-10-8-15(22-18)17(23)21-14-6-5-13(24-3)11-16(14)25-4/h5-6,8,10-12H,7,9H2,1-4H3,(H,21,23)(H,19,20,22). The molecule has 0 atom stereocenters. The molecule has 7 heteroatoms. The van der Waals surface area contributed by atoms with Crippen molar-refractivity contribution in [1.82, 2.24) is 9.97 Å². The van der Waals surface area contributed by atoms with Crippen molar-refractivity contribution < 1.29 is 14.3 Å². The number of ether oxygens (including phenoxy) is 2. The summed E-state index contributed by atoms with van der Waals surface area (Å²) in [5.74, 6) is 1.85. The second-order valence-corrected chi connectivity index (χ2v) is 5.90. The third kappa shape index (κ3) is 5.34. The Balaban J connectivity index is 2.08. The predicted octanol–water partition coefficient (Wildman–Crippen LogP) is 3.20. The molecule has 0 fully saturated rings. The lowest BCUT2D eigenvalue weighted by Crippen LogP contribution is -2.16. The lowest BCUT2D eigenvalue weighted by Gasteiger charge is -2.12. The number of aromatic nitrogens is 2. The Morgan fingerprint density at radius 2 is 2.00 bits per heavy atom. The van der Waals surface area contributed by atoms with Crippen molar-refractivity contribution in [3.8, 4) is 11.5 Å². The minimum absolute atomic E-state index is 0.278. The molecular formula is C18H24N4O3. The Morgan fingerprint density at radius 1 is 1.20 bits per heavy atom. The van der Waals surface area contributed by atoms with Crippen LogP contribution in [-0.4, -0.2) is 36.6 Å². The molecule has 1 heterocycles. The van der Waals surface area contributed by atoms with Crippen LogP contribution < -0.4 is 20.1 Å². The first kappa shape index (κ1) is 18.5. The van der Waals surface area contributed by atoms with Gasteiger partial charge >= 0.3 is 0 Å². The van der Waals surface area contributed by atoms with Gasteiger partial charge in [-0.1, -0.05) is 13.8 Å². The van der Waals surface area contributed by atoms with E-state index < -0.39 is 0 Å². The van der Waals surface area contributed by atoms with E-state index >= 15 is 0 Å². The summed E-state index contributed by atoms with van der Waals surface area (Å²) in [5.41, 5.74) is 0.821. The highest BCUT2D eigenvalue weighted by atomic mass is 16.5. The van der Waals surface area contributed by atoms with E-state index in [2.05, 4.69) is 34.4 Å². The van der Waals surface area contributed by atoms with E-state index in [-0.39, 0.29) is 11.6 Å². The van der Waals surface area contributed by atoms with Gasteiger partial charge in [-0.25, -0.2) is 9.97 Å². The first-order chi connectivity index (χ1) is 12.0. The molecule has 0 radical (unpaired) electrons. The van der Waals surface area contributed by atoms with Crippen LogP contribution in [-0.2, 0) is 0 Å². The zero-order valence-electron chi connectivity index (χ0n) is 15.0. The largest absolute Gasteiger partial charge is 0.497 e. The summed E-state index contributed by atoms with van der Waals surface area (Å²) >= 11 is 0. The summed E-state index contributed by atoms with van der Waals surface area (Å²) in [5, 5.41) is 5.92. The van der Waals surface area contributed by atoms with Gasteiger partial charge in [0.25, 0.3) is 5.91 Å². The molecule has 2 rings (SSSR count). The molecule has 25 heavy (non-hydrogen) atoms. The second kappa shape index (κ2) is 8.86. The van der Waals surface area contributed by atoms with Crippen LogP contribution in [0.5, 0.6) is 11.5 Å². The molecule has 0 aliphatic rings. The quantitative estimate of drug-likeness (QED) is 0.765. The third-order valence-corrected chi connectivity index (χ3v) is 3.55. The van der Waals surface area contributed by atoms with E-state index in [1.807, 2.05) is 0 Å². The summed E-state index contributed by atoms with van der Waals surface area (Å²) in [6, 6.07) is 6.74. The average Bonchev–Trinajstić information content (AvgIpc) is 2.62. The average molecular weight is 344 g/mol. The Kier molecular flexibility index (Phi) is 6.56. The number of carbonyl (C=O) groups excluding carboxylic acids is 1. The molecule has 1 aromatic carbocycles. The number of nitrogens with one attached hydrogen (secondary N) is 2. The minimum atomic E-state index is -0.335. The number of hydrogen-bond acceptors (Lipinski definition) is 6. The topological polar surface area (TPSA) is 85.4 Å². The fraction of sp³-hybridized carbons (Fsp3) is 0.389. The maximum absolute atomic E-state index is 12.5. The molecule has 1 amide bonds. The van der Waals surface area contributed by atoms with Gasteiger partial charge in [0, 0.05) is 18.8 Å². The van der Waals surface area contributed by atoms with Crippen molar-refractivity contribution in [2.75, 3.05) is 31.4 Å². The van der Waals surface area contributed by atoms with Gasteiger partial charge < -0.3 is 20.1 Å². The van der Waals surface area contributed by atoms with Crippen LogP contribution in [0, 0.1) is 5.92 Å².